The molecule has 3 rings (SSSR count). The van der Waals surface area contributed by atoms with E-state index in [1.54, 1.807) is 11.2 Å². The molecule has 1 aromatic carbocycles. The van der Waals surface area contributed by atoms with Crippen molar-refractivity contribution in [2.75, 3.05) is 26.2 Å². The van der Waals surface area contributed by atoms with Crippen molar-refractivity contribution in [1.82, 2.24) is 15.5 Å². The van der Waals surface area contributed by atoms with Crippen molar-refractivity contribution >= 4 is 12.1 Å². The number of piperidine rings is 1. The van der Waals surface area contributed by atoms with Crippen LogP contribution in [0.5, 0.6) is 0 Å². The number of hydrogen-bond donors (Lipinski definition) is 2. The summed E-state index contributed by atoms with van der Waals surface area (Å²) in [6.07, 6.45) is 3.93. The van der Waals surface area contributed by atoms with Gasteiger partial charge in [-0.3, -0.25) is 4.99 Å². The van der Waals surface area contributed by atoms with Crippen LogP contribution in [0.25, 0.3) is 0 Å². The van der Waals surface area contributed by atoms with Gasteiger partial charge in [-0.1, -0.05) is 30.3 Å². The molecule has 162 valence electrons. The highest BCUT2D eigenvalue weighted by Crippen LogP contribution is 2.14. The zero-order valence-corrected chi connectivity index (χ0v) is 17.8. The standard InChI is InChI=1S/C23H32N4O3/c1-3-29-23(28)27-15-12-20(13-16-27)26-22(24-14-11-21-10-7-17-30-21)25-18(2)19-8-5-4-6-9-19/h4-10,17-18,20H,3,11-16H2,1-2H3,(H2,24,25,26). The van der Waals surface area contributed by atoms with E-state index in [4.69, 9.17) is 14.1 Å². The molecule has 30 heavy (non-hydrogen) atoms. The number of likely N-dealkylation sites (tertiary alicyclic amines) is 1. The maximum atomic E-state index is 11.9. The van der Waals surface area contributed by atoms with Gasteiger partial charge < -0.3 is 24.7 Å². The Morgan fingerprint density at radius 1 is 1.23 bits per heavy atom. The van der Waals surface area contributed by atoms with E-state index < -0.39 is 0 Å². The Morgan fingerprint density at radius 3 is 2.67 bits per heavy atom. The third-order valence-electron chi connectivity index (χ3n) is 5.22. The first kappa shape index (κ1) is 21.7. The first-order valence-electron chi connectivity index (χ1n) is 10.7. The third-order valence-corrected chi connectivity index (χ3v) is 5.22. The van der Waals surface area contributed by atoms with E-state index in [0.717, 1.165) is 31.0 Å². The van der Waals surface area contributed by atoms with Crippen molar-refractivity contribution in [2.24, 2.45) is 4.99 Å². The van der Waals surface area contributed by atoms with Crippen molar-refractivity contribution in [3.8, 4) is 0 Å². The highest BCUT2D eigenvalue weighted by Gasteiger charge is 2.24. The monoisotopic (exact) mass is 412 g/mol. The summed E-state index contributed by atoms with van der Waals surface area (Å²) in [4.78, 5) is 18.5. The number of amides is 1. The fourth-order valence-corrected chi connectivity index (χ4v) is 3.51. The molecule has 1 aliphatic heterocycles. The minimum Gasteiger partial charge on any atom is -0.469 e. The summed E-state index contributed by atoms with van der Waals surface area (Å²) in [6.45, 7) is 6.37. The molecular formula is C23H32N4O3. The van der Waals surface area contributed by atoms with Crippen LogP contribution in [0, 0.1) is 0 Å². The highest BCUT2D eigenvalue weighted by molar-refractivity contribution is 5.80. The Morgan fingerprint density at radius 2 is 2.00 bits per heavy atom. The van der Waals surface area contributed by atoms with Crippen molar-refractivity contribution < 1.29 is 13.9 Å². The lowest BCUT2D eigenvalue weighted by molar-refractivity contribution is 0.0963. The summed E-state index contributed by atoms with van der Waals surface area (Å²) in [7, 11) is 0. The van der Waals surface area contributed by atoms with Crippen LogP contribution in [-0.4, -0.2) is 49.2 Å². The van der Waals surface area contributed by atoms with Gasteiger partial charge in [0.05, 0.1) is 18.9 Å². The molecular weight excluding hydrogens is 380 g/mol. The lowest BCUT2D eigenvalue weighted by Crippen LogP contribution is -2.50. The summed E-state index contributed by atoms with van der Waals surface area (Å²) < 4.78 is 10.5. The van der Waals surface area contributed by atoms with Crippen LogP contribution in [0.1, 0.15) is 44.1 Å². The van der Waals surface area contributed by atoms with Crippen LogP contribution in [0.15, 0.2) is 58.1 Å². The second-order valence-electron chi connectivity index (χ2n) is 7.44. The maximum Gasteiger partial charge on any atom is 0.409 e. The average molecular weight is 413 g/mol. The van der Waals surface area contributed by atoms with E-state index in [1.165, 1.54) is 5.56 Å². The fourth-order valence-electron chi connectivity index (χ4n) is 3.51. The van der Waals surface area contributed by atoms with Gasteiger partial charge in [0, 0.05) is 32.1 Å². The molecule has 1 aromatic heterocycles. The molecule has 1 aliphatic rings. The van der Waals surface area contributed by atoms with Crippen LogP contribution in [0.4, 0.5) is 4.79 Å². The van der Waals surface area contributed by atoms with Crippen molar-refractivity contribution in [2.45, 2.75) is 45.2 Å². The molecule has 2 aromatic rings. The molecule has 1 atom stereocenters. The molecule has 2 N–H and O–H groups in total. The van der Waals surface area contributed by atoms with Gasteiger partial charge in [0.15, 0.2) is 5.96 Å². The Balaban J connectivity index is 1.58. The van der Waals surface area contributed by atoms with Crippen LogP contribution in [0.2, 0.25) is 0 Å². The van der Waals surface area contributed by atoms with Crippen molar-refractivity contribution in [3.63, 3.8) is 0 Å². The zero-order valence-electron chi connectivity index (χ0n) is 17.8. The number of furan rings is 1. The second-order valence-corrected chi connectivity index (χ2v) is 7.44. The molecule has 0 radical (unpaired) electrons. The smallest absolute Gasteiger partial charge is 0.409 e. The topological polar surface area (TPSA) is 79.1 Å². The van der Waals surface area contributed by atoms with E-state index in [0.29, 0.717) is 26.2 Å². The molecule has 7 heteroatoms. The van der Waals surface area contributed by atoms with Gasteiger partial charge in [0.25, 0.3) is 0 Å². The molecule has 0 spiro atoms. The SMILES string of the molecule is CCOC(=O)N1CCC(NC(=NCCc2ccco2)NC(C)c2ccccc2)CC1. The van der Waals surface area contributed by atoms with Crippen LogP contribution in [0.3, 0.4) is 0 Å². The number of rotatable bonds is 7. The first-order chi connectivity index (χ1) is 14.7. The van der Waals surface area contributed by atoms with E-state index in [2.05, 4.69) is 29.7 Å². The van der Waals surface area contributed by atoms with Gasteiger partial charge in [-0.05, 0) is 44.4 Å². The lowest BCUT2D eigenvalue weighted by atomic mass is 10.1. The number of ether oxygens (including phenoxy) is 1. The van der Waals surface area contributed by atoms with Crippen molar-refractivity contribution in [1.29, 1.82) is 0 Å². The summed E-state index contributed by atoms with van der Waals surface area (Å²) in [5, 5.41) is 7.08. The van der Waals surface area contributed by atoms with Crippen LogP contribution in [-0.2, 0) is 11.2 Å². The molecule has 1 amide bonds. The molecule has 1 saturated heterocycles. The van der Waals surface area contributed by atoms with Crippen LogP contribution >= 0.6 is 0 Å². The average Bonchev–Trinajstić information content (AvgIpc) is 3.28. The largest absolute Gasteiger partial charge is 0.469 e. The number of aliphatic imine (C=N–C) groups is 1. The normalized spacial score (nSPS) is 16.2. The third kappa shape index (κ3) is 6.54. The summed E-state index contributed by atoms with van der Waals surface area (Å²) >= 11 is 0. The summed E-state index contributed by atoms with van der Waals surface area (Å²) in [5.74, 6) is 1.71. The van der Waals surface area contributed by atoms with Gasteiger partial charge in [-0.25, -0.2) is 4.79 Å². The first-order valence-corrected chi connectivity index (χ1v) is 10.7. The lowest BCUT2D eigenvalue weighted by Gasteiger charge is -2.33. The van der Waals surface area contributed by atoms with Crippen molar-refractivity contribution in [3.05, 3.63) is 60.1 Å². The minimum atomic E-state index is -0.223. The van der Waals surface area contributed by atoms with Gasteiger partial charge in [0.2, 0.25) is 0 Å². The van der Waals surface area contributed by atoms with E-state index in [-0.39, 0.29) is 18.2 Å². The number of nitrogens with one attached hydrogen (secondary N) is 2. The zero-order chi connectivity index (χ0) is 21.2. The maximum absolute atomic E-state index is 11.9. The van der Waals surface area contributed by atoms with Gasteiger partial charge in [-0.2, -0.15) is 0 Å². The molecule has 0 aliphatic carbocycles. The Labute approximate surface area is 178 Å². The van der Waals surface area contributed by atoms with Gasteiger partial charge in [-0.15, -0.1) is 0 Å². The Hall–Kier alpha value is -2.96. The Bertz CT molecular complexity index is 784. The number of carbonyl (C=O) groups is 1. The number of guanidine groups is 1. The predicted octanol–water partition coefficient (Wildman–Crippen LogP) is 3.74. The summed E-state index contributed by atoms with van der Waals surface area (Å²) in [5.41, 5.74) is 1.20. The van der Waals surface area contributed by atoms with E-state index >= 15 is 0 Å². The van der Waals surface area contributed by atoms with Gasteiger partial charge in [0.1, 0.15) is 5.76 Å². The quantitative estimate of drug-likeness (QED) is 0.535. The highest BCUT2D eigenvalue weighted by atomic mass is 16.6. The predicted molar refractivity (Wildman–Crippen MR) is 117 cm³/mol. The minimum absolute atomic E-state index is 0.126. The number of benzene rings is 1. The molecule has 1 fully saturated rings. The summed E-state index contributed by atoms with van der Waals surface area (Å²) in [6, 6.07) is 14.6. The number of nitrogens with zero attached hydrogens (tertiary/aromatic N) is 2. The van der Waals surface area contributed by atoms with E-state index in [1.807, 2.05) is 37.3 Å². The molecule has 0 saturated carbocycles. The molecule has 1 unspecified atom stereocenters. The molecule has 2 heterocycles. The number of hydrogen-bond acceptors (Lipinski definition) is 4. The fraction of sp³-hybridized carbons (Fsp3) is 0.478. The van der Waals surface area contributed by atoms with E-state index in [9.17, 15) is 4.79 Å². The van der Waals surface area contributed by atoms with Crippen LogP contribution < -0.4 is 10.6 Å². The number of carbonyl (C=O) groups excluding carboxylic acids is 1. The second kappa shape index (κ2) is 11.3. The molecule has 0 bridgehead atoms. The molecule has 7 nitrogen and oxygen atoms in total. The van der Waals surface area contributed by atoms with Gasteiger partial charge >= 0.3 is 6.09 Å². The Kier molecular flexibility index (Phi) is 8.18.